The summed E-state index contributed by atoms with van der Waals surface area (Å²) < 4.78 is 28.5. The quantitative estimate of drug-likeness (QED) is 0.595. The maximum absolute atomic E-state index is 13.5. The smallest absolute Gasteiger partial charge is 0.264 e. The maximum Gasteiger partial charge on any atom is 0.264 e. The molecule has 0 aliphatic carbocycles. The predicted molar refractivity (Wildman–Crippen MR) is 128 cm³/mol. The number of benzene rings is 2. The van der Waals surface area contributed by atoms with Crippen molar-refractivity contribution in [1.29, 1.82) is 0 Å². The van der Waals surface area contributed by atoms with E-state index in [4.69, 9.17) is 0 Å². The van der Waals surface area contributed by atoms with Crippen molar-refractivity contribution in [1.82, 2.24) is 9.88 Å². The molecule has 0 unspecified atom stereocenters. The number of carbonyl (C=O) groups excluding carboxylic acids is 1. The summed E-state index contributed by atoms with van der Waals surface area (Å²) >= 11 is 0. The number of sulfonamides is 1. The van der Waals surface area contributed by atoms with Crippen molar-refractivity contribution in [3.8, 4) is 0 Å². The molecule has 170 valence electrons. The Labute approximate surface area is 194 Å². The van der Waals surface area contributed by atoms with Crippen molar-refractivity contribution in [3.05, 3.63) is 84.2 Å². The molecule has 0 radical (unpaired) electrons. The van der Waals surface area contributed by atoms with Gasteiger partial charge in [0, 0.05) is 56.4 Å². The molecule has 8 heteroatoms. The Hall–Kier alpha value is -3.39. The summed E-state index contributed by atoms with van der Waals surface area (Å²) in [5, 5.41) is 0. The molecule has 7 nitrogen and oxygen atoms in total. The molecule has 3 heterocycles. The Morgan fingerprint density at radius 3 is 2.39 bits per heavy atom. The first-order chi connectivity index (χ1) is 16.0. The van der Waals surface area contributed by atoms with Crippen LogP contribution in [-0.2, 0) is 16.4 Å². The lowest BCUT2D eigenvalue weighted by Gasteiger charge is -2.36. The van der Waals surface area contributed by atoms with Crippen molar-refractivity contribution in [2.24, 2.45) is 0 Å². The van der Waals surface area contributed by atoms with Gasteiger partial charge in [-0.2, -0.15) is 0 Å². The van der Waals surface area contributed by atoms with Crippen LogP contribution in [0.4, 0.5) is 11.4 Å². The number of rotatable bonds is 4. The van der Waals surface area contributed by atoms with Crippen LogP contribution < -0.4 is 9.21 Å². The van der Waals surface area contributed by atoms with Crippen LogP contribution in [-0.4, -0.2) is 56.9 Å². The van der Waals surface area contributed by atoms with Crippen LogP contribution in [0.15, 0.2) is 78.0 Å². The number of nitrogens with zero attached hydrogens (tertiary/aromatic N) is 4. The Bertz CT molecular complexity index is 1260. The number of anilines is 2. The van der Waals surface area contributed by atoms with Crippen LogP contribution in [0.25, 0.3) is 0 Å². The standard InChI is InChI=1S/C25H26N4O3S/c30-25(28-17-15-27(16-18-28)22-10-12-26-13-11-22)21-6-3-8-23(19-21)33(31,32)29-14-4-7-20-5-1-2-9-24(20)29/h1-3,5-6,8-13,19H,4,7,14-18H2. The Kier molecular flexibility index (Phi) is 5.76. The van der Waals surface area contributed by atoms with Gasteiger partial charge in [-0.15, -0.1) is 0 Å². The van der Waals surface area contributed by atoms with E-state index < -0.39 is 10.0 Å². The number of amides is 1. The minimum absolute atomic E-state index is 0.138. The molecule has 2 aliphatic rings. The molecule has 0 bridgehead atoms. The second-order valence-corrected chi connectivity index (χ2v) is 10.2. The van der Waals surface area contributed by atoms with Gasteiger partial charge in [0.05, 0.1) is 10.6 Å². The minimum Gasteiger partial charge on any atom is -0.368 e. The van der Waals surface area contributed by atoms with Gasteiger partial charge in [-0.3, -0.25) is 14.1 Å². The number of carbonyl (C=O) groups is 1. The summed E-state index contributed by atoms with van der Waals surface area (Å²) in [5.74, 6) is -0.138. The van der Waals surface area contributed by atoms with E-state index in [9.17, 15) is 13.2 Å². The molecular weight excluding hydrogens is 436 g/mol. The second-order valence-electron chi connectivity index (χ2n) is 8.32. The summed E-state index contributed by atoms with van der Waals surface area (Å²) in [6, 6.07) is 18.0. The fourth-order valence-corrected chi connectivity index (χ4v) is 6.16. The van der Waals surface area contributed by atoms with E-state index >= 15 is 0 Å². The van der Waals surface area contributed by atoms with Crippen LogP contribution in [0.1, 0.15) is 22.3 Å². The lowest BCUT2D eigenvalue weighted by atomic mass is 10.0. The van der Waals surface area contributed by atoms with Gasteiger partial charge in [0.25, 0.3) is 15.9 Å². The summed E-state index contributed by atoms with van der Waals surface area (Å²) in [5.41, 5.74) is 3.25. The Morgan fingerprint density at radius 2 is 1.61 bits per heavy atom. The second kappa shape index (κ2) is 8.86. The Morgan fingerprint density at radius 1 is 0.848 bits per heavy atom. The van der Waals surface area contributed by atoms with Crippen molar-refractivity contribution >= 4 is 27.3 Å². The highest BCUT2D eigenvalue weighted by Gasteiger charge is 2.30. The third kappa shape index (κ3) is 4.18. The average Bonchev–Trinajstić information content (AvgIpc) is 2.88. The highest BCUT2D eigenvalue weighted by molar-refractivity contribution is 7.92. The summed E-state index contributed by atoms with van der Waals surface area (Å²) in [6.45, 7) is 3.04. The van der Waals surface area contributed by atoms with Gasteiger partial charge >= 0.3 is 0 Å². The molecule has 1 aromatic heterocycles. The molecule has 0 saturated carbocycles. The zero-order valence-electron chi connectivity index (χ0n) is 18.3. The van der Waals surface area contributed by atoms with E-state index in [0.29, 0.717) is 25.2 Å². The number of piperazine rings is 1. The van der Waals surface area contributed by atoms with Crippen LogP contribution in [0.5, 0.6) is 0 Å². The molecule has 33 heavy (non-hydrogen) atoms. The molecular formula is C25H26N4O3S. The van der Waals surface area contributed by atoms with E-state index in [2.05, 4.69) is 9.88 Å². The third-order valence-corrected chi connectivity index (χ3v) is 8.14. The van der Waals surface area contributed by atoms with Gasteiger partial charge in [0.15, 0.2) is 0 Å². The molecule has 1 fully saturated rings. The molecule has 3 aromatic rings. The van der Waals surface area contributed by atoms with Gasteiger partial charge in [0.2, 0.25) is 0 Å². The highest BCUT2D eigenvalue weighted by Crippen LogP contribution is 2.32. The fraction of sp³-hybridized carbons (Fsp3) is 0.280. The van der Waals surface area contributed by atoms with Crippen LogP contribution >= 0.6 is 0 Å². The van der Waals surface area contributed by atoms with Gasteiger partial charge in [-0.25, -0.2) is 8.42 Å². The molecule has 5 rings (SSSR count). The Balaban J connectivity index is 1.34. The molecule has 1 saturated heterocycles. The van der Waals surface area contributed by atoms with E-state index in [1.54, 1.807) is 35.5 Å². The highest BCUT2D eigenvalue weighted by atomic mass is 32.2. The molecule has 0 atom stereocenters. The van der Waals surface area contributed by atoms with Gasteiger partial charge in [0.1, 0.15) is 0 Å². The largest absolute Gasteiger partial charge is 0.368 e. The number of pyridine rings is 1. The summed E-state index contributed by atoms with van der Waals surface area (Å²) in [4.78, 5) is 21.4. The first-order valence-electron chi connectivity index (χ1n) is 11.2. The monoisotopic (exact) mass is 462 g/mol. The zero-order chi connectivity index (χ0) is 22.8. The van der Waals surface area contributed by atoms with Gasteiger partial charge in [-0.1, -0.05) is 24.3 Å². The van der Waals surface area contributed by atoms with Crippen LogP contribution in [0, 0.1) is 0 Å². The van der Waals surface area contributed by atoms with Gasteiger partial charge < -0.3 is 9.80 Å². The zero-order valence-corrected chi connectivity index (χ0v) is 19.1. The number of aromatic nitrogens is 1. The molecule has 2 aromatic carbocycles. The lowest BCUT2D eigenvalue weighted by Crippen LogP contribution is -2.48. The number of aryl methyl sites for hydroxylation is 1. The van der Waals surface area contributed by atoms with Crippen molar-refractivity contribution in [3.63, 3.8) is 0 Å². The van der Waals surface area contributed by atoms with Crippen molar-refractivity contribution < 1.29 is 13.2 Å². The fourth-order valence-electron chi connectivity index (χ4n) is 4.57. The SMILES string of the molecule is O=C(c1cccc(S(=O)(=O)N2CCCc3ccccc32)c1)N1CCN(c2ccncc2)CC1. The van der Waals surface area contributed by atoms with Crippen molar-refractivity contribution in [2.45, 2.75) is 17.7 Å². The number of fused-ring (bicyclic) bond motifs is 1. The van der Waals surface area contributed by atoms with E-state index in [0.717, 1.165) is 42.9 Å². The summed E-state index contributed by atoms with van der Waals surface area (Å²) in [7, 11) is -3.76. The van der Waals surface area contributed by atoms with Crippen molar-refractivity contribution in [2.75, 3.05) is 41.9 Å². The molecule has 2 aliphatic heterocycles. The number of para-hydroxylation sites is 1. The predicted octanol–water partition coefficient (Wildman–Crippen LogP) is 3.19. The topological polar surface area (TPSA) is 73.8 Å². The first-order valence-corrected chi connectivity index (χ1v) is 12.6. The van der Waals surface area contributed by atoms with Gasteiger partial charge in [-0.05, 0) is 54.8 Å². The van der Waals surface area contributed by atoms with E-state index in [1.165, 1.54) is 10.4 Å². The van der Waals surface area contributed by atoms with Crippen LogP contribution in [0.2, 0.25) is 0 Å². The number of hydrogen-bond donors (Lipinski definition) is 0. The molecule has 1 amide bonds. The van der Waals surface area contributed by atoms with E-state index in [-0.39, 0.29) is 10.8 Å². The molecule has 0 N–H and O–H groups in total. The summed E-state index contributed by atoms with van der Waals surface area (Å²) in [6.07, 6.45) is 5.17. The third-order valence-electron chi connectivity index (χ3n) is 6.33. The first kappa shape index (κ1) is 21.5. The maximum atomic E-state index is 13.5. The van der Waals surface area contributed by atoms with Crippen LogP contribution in [0.3, 0.4) is 0 Å². The average molecular weight is 463 g/mol. The van der Waals surface area contributed by atoms with E-state index in [1.807, 2.05) is 36.4 Å². The normalized spacial score (nSPS) is 16.4. The lowest BCUT2D eigenvalue weighted by molar-refractivity contribution is 0.0746. The minimum atomic E-state index is -3.76. The number of hydrogen-bond acceptors (Lipinski definition) is 5. The molecule has 0 spiro atoms.